The molecule has 0 saturated carbocycles. The van der Waals surface area contributed by atoms with Crippen LogP contribution in [0.5, 0.6) is 0 Å². The van der Waals surface area contributed by atoms with Crippen LogP contribution in [0.4, 0.5) is 0 Å². The normalized spacial score (nSPS) is 9.26. The summed E-state index contributed by atoms with van der Waals surface area (Å²) in [6, 6.07) is 22.5. The van der Waals surface area contributed by atoms with E-state index in [0.717, 1.165) is 6.42 Å². The van der Waals surface area contributed by atoms with E-state index in [0.29, 0.717) is 0 Å². The van der Waals surface area contributed by atoms with E-state index < -0.39 is 0 Å². The largest absolute Gasteiger partial charge is 0.137 e. The predicted molar refractivity (Wildman–Crippen MR) is 105 cm³/mol. The van der Waals surface area contributed by atoms with Crippen LogP contribution >= 0.6 is 0 Å². The molecule has 2 aromatic carbocycles. The number of hydrogen-bond acceptors (Lipinski definition) is 0. The zero-order chi connectivity index (χ0) is 17.3. The summed E-state index contributed by atoms with van der Waals surface area (Å²) in [5.74, 6) is 0. The van der Waals surface area contributed by atoms with Crippen LogP contribution in [0.25, 0.3) is 0 Å². The third-order valence-corrected chi connectivity index (χ3v) is 2.69. The van der Waals surface area contributed by atoms with Gasteiger partial charge in [0.1, 0.15) is 0 Å². The lowest BCUT2D eigenvalue weighted by Gasteiger charge is -1.97. The smallest absolute Gasteiger partial charge is 0.00917 e. The molecule has 0 aliphatic heterocycles. The van der Waals surface area contributed by atoms with Crippen LogP contribution in [0.15, 0.2) is 109 Å². The van der Waals surface area contributed by atoms with Crippen LogP contribution in [0.2, 0.25) is 0 Å². The molecule has 23 heavy (non-hydrogen) atoms. The minimum atomic E-state index is 1.02. The summed E-state index contributed by atoms with van der Waals surface area (Å²) in [7, 11) is 0. The average Bonchev–Trinajstić information content (AvgIpc) is 2.56. The Kier molecular flexibility index (Phi) is 12.8. The summed E-state index contributed by atoms with van der Waals surface area (Å²) >= 11 is 0. The molecule has 2 rings (SSSR count). The summed E-state index contributed by atoms with van der Waals surface area (Å²) in [4.78, 5) is 0. The van der Waals surface area contributed by atoms with Gasteiger partial charge in [-0.2, -0.15) is 0 Å². The maximum absolute atomic E-state index is 3.12. The van der Waals surface area contributed by atoms with Gasteiger partial charge in [-0.1, -0.05) is 103 Å². The third kappa shape index (κ3) is 14.2. The lowest BCUT2D eigenvalue weighted by atomic mass is 10.1. The second-order valence-electron chi connectivity index (χ2n) is 5.26. The highest BCUT2D eigenvalue weighted by Gasteiger charge is 1.88. The zero-order valence-electron chi connectivity index (χ0n) is 14.6. The molecule has 0 N–H and O–H groups in total. The first-order chi connectivity index (χ1) is 11.1. The summed E-state index contributed by atoms with van der Waals surface area (Å²) < 4.78 is 0. The van der Waals surface area contributed by atoms with E-state index in [1.54, 1.807) is 0 Å². The van der Waals surface area contributed by atoms with Crippen molar-refractivity contribution in [1.29, 1.82) is 0 Å². The second-order valence-corrected chi connectivity index (χ2v) is 5.26. The molecular weight excluding hydrogens is 276 g/mol. The van der Waals surface area contributed by atoms with Crippen molar-refractivity contribution in [2.24, 2.45) is 0 Å². The van der Waals surface area contributed by atoms with Crippen LogP contribution in [-0.2, 0) is 6.42 Å². The molecule has 120 valence electrons. The van der Waals surface area contributed by atoms with E-state index >= 15 is 0 Å². The van der Waals surface area contributed by atoms with Gasteiger partial charge in [0, 0.05) is 0 Å². The highest BCUT2D eigenvalue weighted by molar-refractivity contribution is 5.24. The lowest BCUT2D eigenvalue weighted by molar-refractivity contribution is 1.23. The molecule has 0 aliphatic rings. The van der Waals surface area contributed by atoms with E-state index in [2.05, 4.69) is 82.1 Å². The SMILES string of the molecule is C=C=C.CC(C)=C/C(C)=C\Cc1ccccc1.c1ccccc1. The van der Waals surface area contributed by atoms with E-state index in [4.69, 9.17) is 0 Å². The summed E-state index contributed by atoms with van der Waals surface area (Å²) in [5.41, 5.74) is 6.31. The second kappa shape index (κ2) is 14.4. The van der Waals surface area contributed by atoms with E-state index in [-0.39, 0.29) is 0 Å². The molecule has 0 unspecified atom stereocenters. The average molecular weight is 304 g/mol. The van der Waals surface area contributed by atoms with Gasteiger partial charge in [0.15, 0.2) is 0 Å². The van der Waals surface area contributed by atoms with Crippen molar-refractivity contribution in [3.8, 4) is 0 Å². The molecule has 0 atom stereocenters. The van der Waals surface area contributed by atoms with Crippen LogP contribution in [0.1, 0.15) is 26.3 Å². The Hall–Kier alpha value is -2.56. The van der Waals surface area contributed by atoms with Crippen LogP contribution in [0, 0.1) is 0 Å². The lowest BCUT2D eigenvalue weighted by Crippen LogP contribution is -1.80. The van der Waals surface area contributed by atoms with E-state index in [1.165, 1.54) is 16.7 Å². The van der Waals surface area contributed by atoms with Crippen LogP contribution in [0.3, 0.4) is 0 Å². The predicted octanol–water partition coefficient (Wildman–Crippen LogP) is 6.79. The van der Waals surface area contributed by atoms with Gasteiger partial charge in [-0.15, -0.1) is 5.73 Å². The maximum Gasteiger partial charge on any atom is -0.00917 e. The highest BCUT2D eigenvalue weighted by atomic mass is 13.9. The fourth-order valence-electron chi connectivity index (χ4n) is 1.79. The molecule has 0 spiro atoms. The molecule has 2 aromatic rings. The molecule has 0 aliphatic carbocycles. The molecular formula is C23H28. The summed E-state index contributed by atoms with van der Waals surface area (Å²) in [6.07, 6.45) is 5.50. The van der Waals surface area contributed by atoms with Gasteiger partial charge >= 0.3 is 0 Å². The standard InChI is InChI=1S/C14H18.C6H6.C3H4/c1-12(2)11-13(3)9-10-14-7-5-4-6-8-14;1-2-4-6-5-3-1;1-3-2/h4-9,11H,10H2,1-3H3;1-6H;1-2H2/b13-9-;;. The van der Waals surface area contributed by atoms with Gasteiger partial charge in [-0.25, -0.2) is 0 Å². The number of benzene rings is 2. The number of rotatable bonds is 3. The van der Waals surface area contributed by atoms with Crippen molar-refractivity contribution in [3.63, 3.8) is 0 Å². The topological polar surface area (TPSA) is 0 Å². The highest BCUT2D eigenvalue weighted by Crippen LogP contribution is 2.05. The maximum atomic E-state index is 3.12. The zero-order valence-corrected chi connectivity index (χ0v) is 14.6. The van der Waals surface area contributed by atoms with Crippen molar-refractivity contribution in [2.75, 3.05) is 0 Å². The first kappa shape index (κ1) is 20.4. The monoisotopic (exact) mass is 304 g/mol. The molecule has 0 nitrogen and oxygen atoms in total. The molecule has 0 bridgehead atoms. The van der Waals surface area contributed by atoms with Crippen molar-refractivity contribution in [3.05, 3.63) is 114 Å². The Labute approximate surface area is 142 Å². The molecule has 0 aromatic heterocycles. The third-order valence-electron chi connectivity index (χ3n) is 2.69. The number of hydrogen-bond donors (Lipinski definition) is 0. The first-order valence-corrected chi connectivity index (χ1v) is 7.75. The Morgan fingerprint density at radius 2 is 1.22 bits per heavy atom. The van der Waals surface area contributed by atoms with Gasteiger partial charge in [0.05, 0.1) is 0 Å². The van der Waals surface area contributed by atoms with Crippen molar-refractivity contribution >= 4 is 0 Å². The fraction of sp³-hybridized carbons (Fsp3) is 0.174. The minimum Gasteiger partial charge on any atom is -0.137 e. The Bertz CT molecular complexity index is 564. The molecule has 0 fully saturated rings. The summed E-state index contributed by atoms with van der Waals surface area (Å²) in [6.45, 7) is 12.6. The molecule has 0 saturated heterocycles. The van der Waals surface area contributed by atoms with Crippen molar-refractivity contribution < 1.29 is 0 Å². The molecule has 0 radical (unpaired) electrons. The van der Waals surface area contributed by atoms with Crippen LogP contribution in [-0.4, -0.2) is 0 Å². The van der Waals surface area contributed by atoms with Gasteiger partial charge in [0.25, 0.3) is 0 Å². The first-order valence-electron chi connectivity index (χ1n) is 7.75. The molecule has 0 heterocycles. The van der Waals surface area contributed by atoms with Gasteiger partial charge in [-0.05, 0) is 32.8 Å². The van der Waals surface area contributed by atoms with Gasteiger partial charge in [-0.3, -0.25) is 0 Å². The van der Waals surface area contributed by atoms with Crippen molar-refractivity contribution in [1.82, 2.24) is 0 Å². The van der Waals surface area contributed by atoms with Gasteiger partial charge in [0.2, 0.25) is 0 Å². The van der Waals surface area contributed by atoms with Crippen molar-refractivity contribution in [2.45, 2.75) is 27.2 Å². The minimum absolute atomic E-state index is 1.02. The molecule has 0 amide bonds. The number of allylic oxidation sites excluding steroid dienone is 4. The van der Waals surface area contributed by atoms with E-state index in [1.807, 2.05) is 36.4 Å². The fourth-order valence-corrected chi connectivity index (χ4v) is 1.79. The summed E-state index contributed by atoms with van der Waals surface area (Å²) in [5, 5.41) is 0. The van der Waals surface area contributed by atoms with E-state index in [9.17, 15) is 0 Å². The van der Waals surface area contributed by atoms with Crippen LogP contribution < -0.4 is 0 Å². The van der Waals surface area contributed by atoms with Gasteiger partial charge < -0.3 is 0 Å². The quantitative estimate of drug-likeness (QED) is 0.433. The molecule has 0 heteroatoms. The Morgan fingerprint density at radius 3 is 1.61 bits per heavy atom. The Morgan fingerprint density at radius 1 is 0.826 bits per heavy atom. The Balaban J connectivity index is 0.000000442.